The van der Waals surface area contributed by atoms with Crippen molar-refractivity contribution in [2.75, 3.05) is 16.8 Å². The number of anilines is 1. The number of hydrogen-bond acceptors (Lipinski definition) is 4. The van der Waals surface area contributed by atoms with E-state index in [1.807, 2.05) is 12.1 Å². The monoisotopic (exact) mass is 415 g/mol. The minimum atomic E-state index is -2.96. The zero-order valence-electron chi connectivity index (χ0n) is 13.0. The van der Waals surface area contributed by atoms with Gasteiger partial charge in [0.25, 0.3) is 5.91 Å². The summed E-state index contributed by atoms with van der Waals surface area (Å²) in [6.45, 7) is 0. The molecule has 1 unspecified atom stereocenters. The Labute approximate surface area is 160 Å². The summed E-state index contributed by atoms with van der Waals surface area (Å²) in [6, 6.07) is 12.0. The molecule has 1 aliphatic rings. The zero-order chi connectivity index (χ0) is 18.0. The Bertz CT molecular complexity index is 896. The van der Waals surface area contributed by atoms with Gasteiger partial charge in [0, 0.05) is 25.9 Å². The van der Waals surface area contributed by atoms with Crippen LogP contribution in [0.4, 0.5) is 5.69 Å². The fourth-order valence-electron chi connectivity index (χ4n) is 2.61. The Hall–Kier alpha value is -1.21. The summed E-state index contributed by atoms with van der Waals surface area (Å²) < 4.78 is 23.3. The molecule has 4 nitrogen and oxygen atoms in total. The lowest BCUT2D eigenvalue weighted by molar-refractivity contribution is 0.102. The molecular weight excluding hydrogens is 401 g/mol. The first-order valence-electron chi connectivity index (χ1n) is 7.56. The van der Waals surface area contributed by atoms with E-state index < -0.39 is 9.84 Å². The molecular formula is C17H15Cl2NO3S2. The van der Waals surface area contributed by atoms with E-state index in [1.54, 1.807) is 30.3 Å². The molecule has 1 atom stereocenters. The number of carbonyl (C=O) groups excluding carboxylic acids is 1. The number of thioether (sulfide) groups is 1. The Morgan fingerprint density at radius 1 is 1.12 bits per heavy atom. The number of hydrogen-bond donors (Lipinski definition) is 1. The minimum Gasteiger partial charge on any atom is -0.322 e. The highest BCUT2D eigenvalue weighted by molar-refractivity contribution is 8.02. The van der Waals surface area contributed by atoms with Gasteiger partial charge in [-0.25, -0.2) is 8.42 Å². The molecule has 1 fully saturated rings. The van der Waals surface area contributed by atoms with Crippen LogP contribution in [-0.4, -0.2) is 31.1 Å². The summed E-state index contributed by atoms with van der Waals surface area (Å²) in [6.07, 6.45) is 0.604. The lowest BCUT2D eigenvalue weighted by Gasteiger charge is -2.13. The summed E-state index contributed by atoms with van der Waals surface area (Å²) in [4.78, 5) is 13.4. The standard InChI is InChI=1S/C17H15Cl2NO3S2/c18-11-7-12(19)9-13(8-11)20-17(21)15-3-1-2-4-16(15)24-14-5-6-25(22,23)10-14/h1-4,7-9,14H,5-6,10H2,(H,20,21). The molecule has 0 saturated carbocycles. The average Bonchev–Trinajstić information content (AvgIpc) is 2.85. The molecule has 25 heavy (non-hydrogen) atoms. The number of benzene rings is 2. The molecule has 0 bridgehead atoms. The molecule has 1 saturated heterocycles. The van der Waals surface area contributed by atoms with Crippen molar-refractivity contribution < 1.29 is 13.2 Å². The SMILES string of the molecule is O=C(Nc1cc(Cl)cc(Cl)c1)c1ccccc1SC1CCS(=O)(=O)C1. The average molecular weight is 416 g/mol. The van der Waals surface area contributed by atoms with Crippen LogP contribution in [0.25, 0.3) is 0 Å². The highest BCUT2D eigenvalue weighted by Gasteiger charge is 2.29. The molecule has 2 aromatic carbocycles. The van der Waals surface area contributed by atoms with Crippen LogP contribution in [0.1, 0.15) is 16.8 Å². The van der Waals surface area contributed by atoms with Crippen molar-refractivity contribution in [2.45, 2.75) is 16.6 Å². The Balaban J connectivity index is 1.79. The third-order valence-electron chi connectivity index (χ3n) is 3.74. The Kier molecular flexibility index (Phi) is 5.63. The number of amides is 1. The quantitative estimate of drug-likeness (QED) is 0.796. The first-order valence-corrected chi connectivity index (χ1v) is 11.0. The summed E-state index contributed by atoms with van der Waals surface area (Å²) in [5, 5.41) is 3.62. The van der Waals surface area contributed by atoms with Crippen molar-refractivity contribution in [1.29, 1.82) is 0 Å². The lowest BCUT2D eigenvalue weighted by atomic mass is 10.2. The van der Waals surface area contributed by atoms with Gasteiger partial charge in [-0.05, 0) is 36.8 Å². The fourth-order valence-corrected chi connectivity index (χ4v) is 6.77. The molecule has 0 aromatic heterocycles. The maximum absolute atomic E-state index is 12.6. The number of carbonyl (C=O) groups is 1. The third kappa shape index (κ3) is 4.91. The van der Waals surface area contributed by atoms with Gasteiger partial charge in [0.2, 0.25) is 0 Å². The van der Waals surface area contributed by atoms with E-state index in [9.17, 15) is 13.2 Å². The summed E-state index contributed by atoms with van der Waals surface area (Å²) in [5.74, 6) is 0.0691. The normalized spacial score (nSPS) is 18.9. The van der Waals surface area contributed by atoms with Crippen LogP contribution < -0.4 is 5.32 Å². The molecule has 0 radical (unpaired) electrons. The molecule has 2 aromatic rings. The lowest BCUT2D eigenvalue weighted by Crippen LogP contribution is -2.14. The topological polar surface area (TPSA) is 63.2 Å². The van der Waals surface area contributed by atoms with Gasteiger partial charge in [-0.3, -0.25) is 4.79 Å². The van der Waals surface area contributed by atoms with E-state index in [0.717, 1.165) is 4.90 Å². The van der Waals surface area contributed by atoms with Crippen LogP contribution in [0.5, 0.6) is 0 Å². The van der Waals surface area contributed by atoms with E-state index in [2.05, 4.69) is 5.32 Å². The highest BCUT2D eigenvalue weighted by atomic mass is 35.5. The maximum atomic E-state index is 12.6. The van der Waals surface area contributed by atoms with Crippen molar-refractivity contribution >= 4 is 56.4 Å². The van der Waals surface area contributed by atoms with Gasteiger partial charge in [0.1, 0.15) is 0 Å². The van der Waals surface area contributed by atoms with Gasteiger partial charge in [-0.2, -0.15) is 0 Å². The van der Waals surface area contributed by atoms with E-state index in [0.29, 0.717) is 27.7 Å². The largest absolute Gasteiger partial charge is 0.322 e. The predicted molar refractivity (Wildman–Crippen MR) is 104 cm³/mol. The Morgan fingerprint density at radius 2 is 1.80 bits per heavy atom. The van der Waals surface area contributed by atoms with Gasteiger partial charge in [0.05, 0.1) is 17.1 Å². The third-order valence-corrected chi connectivity index (χ3v) is 7.50. The van der Waals surface area contributed by atoms with Gasteiger partial charge < -0.3 is 5.32 Å². The molecule has 1 N–H and O–H groups in total. The molecule has 3 rings (SSSR count). The molecule has 132 valence electrons. The van der Waals surface area contributed by atoms with Crippen LogP contribution in [0, 0.1) is 0 Å². The van der Waals surface area contributed by atoms with Gasteiger partial charge in [0.15, 0.2) is 9.84 Å². The first-order chi connectivity index (χ1) is 11.8. The number of halogens is 2. The number of nitrogens with one attached hydrogen (secondary N) is 1. The second-order valence-corrected chi connectivity index (χ2v) is 10.2. The van der Waals surface area contributed by atoms with Gasteiger partial charge in [-0.15, -0.1) is 11.8 Å². The molecule has 0 spiro atoms. The fraction of sp³-hybridized carbons (Fsp3) is 0.235. The van der Waals surface area contributed by atoms with Crippen molar-refractivity contribution in [3.8, 4) is 0 Å². The highest BCUT2D eigenvalue weighted by Crippen LogP contribution is 2.33. The zero-order valence-corrected chi connectivity index (χ0v) is 16.2. The summed E-state index contributed by atoms with van der Waals surface area (Å²) in [5.41, 5.74) is 0.999. The van der Waals surface area contributed by atoms with Crippen molar-refractivity contribution in [2.24, 2.45) is 0 Å². The molecule has 1 aliphatic heterocycles. The maximum Gasteiger partial charge on any atom is 0.256 e. The summed E-state index contributed by atoms with van der Waals surface area (Å²) in [7, 11) is -2.96. The van der Waals surface area contributed by atoms with Crippen LogP contribution in [0.15, 0.2) is 47.4 Å². The van der Waals surface area contributed by atoms with Crippen LogP contribution in [-0.2, 0) is 9.84 Å². The first kappa shape index (κ1) is 18.6. The van der Waals surface area contributed by atoms with Crippen molar-refractivity contribution in [3.63, 3.8) is 0 Å². The number of sulfone groups is 1. The van der Waals surface area contributed by atoms with Crippen LogP contribution in [0.2, 0.25) is 10.0 Å². The molecule has 8 heteroatoms. The van der Waals surface area contributed by atoms with E-state index in [-0.39, 0.29) is 22.7 Å². The second-order valence-electron chi connectivity index (χ2n) is 5.75. The van der Waals surface area contributed by atoms with Gasteiger partial charge >= 0.3 is 0 Å². The number of rotatable bonds is 4. The second kappa shape index (κ2) is 7.58. The Morgan fingerprint density at radius 3 is 2.44 bits per heavy atom. The van der Waals surface area contributed by atoms with Gasteiger partial charge in [-0.1, -0.05) is 35.3 Å². The van der Waals surface area contributed by atoms with E-state index >= 15 is 0 Å². The van der Waals surface area contributed by atoms with Crippen molar-refractivity contribution in [1.82, 2.24) is 0 Å². The summed E-state index contributed by atoms with van der Waals surface area (Å²) >= 11 is 13.3. The minimum absolute atomic E-state index is 0.0282. The van der Waals surface area contributed by atoms with Crippen molar-refractivity contribution in [3.05, 3.63) is 58.1 Å². The smallest absolute Gasteiger partial charge is 0.256 e. The molecule has 0 aliphatic carbocycles. The van der Waals surface area contributed by atoms with Crippen LogP contribution >= 0.6 is 35.0 Å². The predicted octanol–water partition coefficient (Wildman–Crippen LogP) is 4.52. The molecule has 1 amide bonds. The molecule has 1 heterocycles. The van der Waals surface area contributed by atoms with Crippen LogP contribution in [0.3, 0.4) is 0 Å². The van der Waals surface area contributed by atoms with E-state index in [1.165, 1.54) is 11.8 Å². The van der Waals surface area contributed by atoms with E-state index in [4.69, 9.17) is 23.2 Å².